The Balaban J connectivity index is 1.70. The summed E-state index contributed by atoms with van der Waals surface area (Å²) >= 11 is 5.95. The van der Waals surface area contributed by atoms with Gasteiger partial charge in [-0.05, 0) is 37.1 Å². The Morgan fingerprint density at radius 1 is 1.00 bits per heavy atom. The first-order valence-corrected chi connectivity index (χ1v) is 10.7. The van der Waals surface area contributed by atoms with Crippen LogP contribution < -0.4 is 4.90 Å². The van der Waals surface area contributed by atoms with Gasteiger partial charge in [0.1, 0.15) is 0 Å². The van der Waals surface area contributed by atoms with E-state index in [2.05, 4.69) is 4.90 Å². The van der Waals surface area contributed by atoms with Crippen LogP contribution >= 0.6 is 11.6 Å². The first-order valence-electron chi connectivity index (χ1n) is 8.48. The maximum atomic E-state index is 12.9. The van der Waals surface area contributed by atoms with Crippen molar-refractivity contribution in [2.75, 3.05) is 23.0 Å². The molecule has 0 radical (unpaired) electrons. The lowest BCUT2D eigenvalue weighted by Crippen LogP contribution is -2.64. The number of sulfone groups is 1. The van der Waals surface area contributed by atoms with Gasteiger partial charge in [-0.3, -0.25) is 9.69 Å². The molecule has 7 heteroatoms. The summed E-state index contributed by atoms with van der Waals surface area (Å²) in [7, 11) is -3.13. The second-order valence-corrected chi connectivity index (χ2v) is 9.65. The van der Waals surface area contributed by atoms with E-state index in [1.54, 1.807) is 29.2 Å². The highest BCUT2D eigenvalue weighted by atomic mass is 35.5. The summed E-state index contributed by atoms with van der Waals surface area (Å²) in [5, 5.41) is 0.603. The quantitative estimate of drug-likeness (QED) is 0.802. The lowest BCUT2D eigenvalue weighted by molar-refractivity contribution is -0.124. The number of nitrogens with zero attached hydrogens (tertiary/aromatic N) is 2. The first-order chi connectivity index (χ1) is 11.4. The lowest BCUT2D eigenvalue weighted by Gasteiger charge is -2.46. The number of benzene rings is 1. The summed E-state index contributed by atoms with van der Waals surface area (Å²) in [5.41, 5.74) is 0.738. The molecule has 2 atom stereocenters. The monoisotopic (exact) mass is 368 g/mol. The second kappa shape index (κ2) is 6.00. The molecule has 1 aromatic carbocycles. The fourth-order valence-corrected chi connectivity index (χ4v) is 6.57. The zero-order valence-corrected chi connectivity index (χ0v) is 15.0. The molecule has 5 nitrogen and oxygen atoms in total. The Kier molecular flexibility index (Phi) is 4.09. The van der Waals surface area contributed by atoms with Gasteiger partial charge in [0, 0.05) is 22.8 Å². The lowest BCUT2D eigenvalue weighted by atomic mass is 10.00. The van der Waals surface area contributed by atoms with Crippen LogP contribution in [0.3, 0.4) is 0 Å². The van der Waals surface area contributed by atoms with Crippen molar-refractivity contribution in [1.29, 1.82) is 0 Å². The van der Waals surface area contributed by atoms with Gasteiger partial charge in [0.2, 0.25) is 5.91 Å². The molecule has 3 fully saturated rings. The number of carbonyl (C=O) groups is 1. The average Bonchev–Trinajstić information content (AvgIpc) is 3.14. The van der Waals surface area contributed by atoms with Crippen molar-refractivity contribution >= 4 is 33.0 Å². The molecule has 4 rings (SSSR count). The van der Waals surface area contributed by atoms with E-state index in [1.807, 2.05) is 0 Å². The van der Waals surface area contributed by atoms with E-state index in [4.69, 9.17) is 11.6 Å². The van der Waals surface area contributed by atoms with Crippen LogP contribution in [-0.2, 0) is 14.6 Å². The van der Waals surface area contributed by atoms with Gasteiger partial charge in [-0.1, -0.05) is 24.4 Å². The van der Waals surface area contributed by atoms with Crippen molar-refractivity contribution in [2.45, 2.75) is 43.8 Å². The summed E-state index contributed by atoms with van der Waals surface area (Å²) in [6.45, 7) is 0.310. The number of rotatable bonds is 2. The number of hydrogen-bond donors (Lipinski definition) is 0. The van der Waals surface area contributed by atoms with Crippen molar-refractivity contribution in [3.63, 3.8) is 0 Å². The largest absolute Gasteiger partial charge is 0.306 e. The van der Waals surface area contributed by atoms with Crippen molar-refractivity contribution in [3.8, 4) is 0 Å². The van der Waals surface area contributed by atoms with E-state index in [-0.39, 0.29) is 29.5 Å². The molecule has 0 N–H and O–H groups in total. The van der Waals surface area contributed by atoms with Crippen molar-refractivity contribution in [3.05, 3.63) is 29.3 Å². The zero-order chi connectivity index (χ0) is 16.9. The molecule has 2 heterocycles. The molecule has 1 aliphatic carbocycles. The molecule has 3 aliphatic rings. The van der Waals surface area contributed by atoms with Gasteiger partial charge in [0.15, 0.2) is 9.84 Å². The van der Waals surface area contributed by atoms with E-state index in [0.717, 1.165) is 18.5 Å². The molecule has 0 bridgehead atoms. The molecule has 1 saturated carbocycles. The zero-order valence-electron chi connectivity index (χ0n) is 13.4. The predicted molar refractivity (Wildman–Crippen MR) is 94.1 cm³/mol. The predicted octanol–water partition coefficient (Wildman–Crippen LogP) is 2.10. The van der Waals surface area contributed by atoms with Gasteiger partial charge in [-0.25, -0.2) is 8.42 Å². The van der Waals surface area contributed by atoms with Gasteiger partial charge in [0.25, 0.3) is 0 Å². The Morgan fingerprint density at radius 3 is 2.29 bits per heavy atom. The summed E-state index contributed by atoms with van der Waals surface area (Å²) < 4.78 is 24.6. The molecular weight excluding hydrogens is 348 g/mol. The fraction of sp³-hybridized carbons (Fsp3) is 0.588. The van der Waals surface area contributed by atoms with Crippen LogP contribution in [0.4, 0.5) is 5.69 Å². The third-order valence-electron chi connectivity index (χ3n) is 5.54. The van der Waals surface area contributed by atoms with Crippen LogP contribution in [0.2, 0.25) is 5.02 Å². The van der Waals surface area contributed by atoms with Crippen molar-refractivity contribution in [2.24, 2.45) is 0 Å². The number of fused-ring (bicyclic) bond motifs is 1. The second-order valence-electron chi connectivity index (χ2n) is 7.06. The molecule has 130 valence electrons. The highest BCUT2D eigenvalue weighted by Gasteiger charge is 2.51. The maximum Gasteiger partial charge on any atom is 0.241 e. The fourth-order valence-electron chi connectivity index (χ4n) is 4.48. The van der Waals surface area contributed by atoms with Crippen molar-refractivity contribution in [1.82, 2.24) is 4.90 Å². The maximum absolute atomic E-state index is 12.9. The van der Waals surface area contributed by atoms with Gasteiger partial charge in [0.05, 0.1) is 24.1 Å². The van der Waals surface area contributed by atoms with Gasteiger partial charge < -0.3 is 4.90 Å². The molecule has 2 saturated heterocycles. The highest BCUT2D eigenvalue weighted by molar-refractivity contribution is 7.91. The first kappa shape index (κ1) is 16.4. The molecule has 1 amide bonds. The Hall–Kier alpha value is -1.11. The summed E-state index contributed by atoms with van der Waals surface area (Å²) in [6, 6.07) is 7.05. The summed E-state index contributed by atoms with van der Waals surface area (Å²) in [5.74, 6) is 0.198. The third kappa shape index (κ3) is 2.85. The van der Waals surface area contributed by atoms with Gasteiger partial charge in [-0.15, -0.1) is 0 Å². The van der Waals surface area contributed by atoms with Crippen molar-refractivity contribution < 1.29 is 13.2 Å². The number of halogens is 1. The SMILES string of the molecule is O=C1CN(C2CCCC2)C2CS(=O)(=O)CC2N1c1ccc(Cl)cc1. The molecular formula is C17H21ClN2O3S. The molecule has 2 unspecified atom stereocenters. The molecule has 2 aliphatic heterocycles. The molecule has 24 heavy (non-hydrogen) atoms. The number of piperazine rings is 1. The van der Waals surface area contributed by atoms with E-state index >= 15 is 0 Å². The van der Waals surface area contributed by atoms with E-state index < -0.39 is 9.84 Å². The Labute approximate surface area is 147 Å². The Morgan fingerprint density at radius 2 is 1.62 bits per heavy atom. The number of hydrogen-bond acceptors (Lipinski definition) is 4. The van der Waals surface area contributed by atoms with Crippen LogP contribution in [-0.4, -0.2) is 55.4 Å². The summed E-state index contributed by atoms with van der Waals surface area (Å²) in [6.07, 6.45) is 4.47. The van der Waals surface area contributed by atoms with E-state index in [9.17, 15) is 13.2 Å². The number of amides is 1. The van der Waals surface area contributed by atoms with E-state index in [1.165, 1.54) is 12.8 Å². The molecule has 0 spiro atoms. The smallest absolute Gasteiger partial charge is 0.241 e. The number of anilines is 1. The normalized spacial score (nSPS) is 30.7. The summed E-state index contributed by atoms with van der Waals surface area (Å²) in [4.78, 5) is 16.7. The van der Waals surface area contributed by atoms with Crippen LogP contribution in [0.15, 0.2) is 24.3 Å². The molecule has 0 aromatic heterocycles. The van der Waals surface area contributed by atoms with Crippen LogP contribution in [0.5, 0.6) is 0 Å². The van der Waals surface area contributed by atoms with Gasteiger partial charge >= 0.3 is 0 Å². The van der Waals surface area contributed by atoms with Crippen LogP contribution in [0, 0.1) is 0 Å². The minimum Gasteiger partial charge on any atom is -0.306 e. The standard InChI is InChI=1S/C17H21ClN2O3S/c18-12-5-7-14(8-6-12)20-16-11-24(22,23)10-15(16)19(9-17(20)21)13-3-1-2-4-13/h5-8,13,15-16H,1-4,9-11H2. The highest BCUT2D eigenvalue weighted by Crippen LogP contribution is 2.36. The van der Waals surface area contributed by atoms with Crippen LogP contribution in [0.1, 0.15) is 25.7 Å². The van der Waals surface area contributed by atoms with Crippen LogP contribution in [0.25, 0.3) is 0 Å². The van der Waals surface area contributed by atoms with E-state index in [0.29, 0.717) is 17.6 Å². The Bertz CT molecular complexity index is 744. The average molecular weight is 369 g/mol. The minimum atomic E-state index is -3.13. The minimum absolute atomic E-state index is 0.0115. The number of carbonyl (C=O) groups excluding carboxylic acids is 1. The van der Waals surface area contributed by atoms with Gasteiger partial charge in [-0.2, -0.15) is 0 Å². The molecule has 1 aromatic rings. The topological polar surface area (TPSA) is 57.7 Å². The third-order valence-corrected chi connectivity index (χ3v) is 7.49.